The first-order chi connectivity index (χ1) is 15.5. The van der Waals surface area contributed by atoms with E-state index in [1.807, 2.05) is 110 Å². The highest BCUT2D eigenvalue weighted by molar-refractivity contribution is 5.94. The number of rotatable bonds is 7. The molecule has 4 rings (SSSR count). The van der Waals surface area contributed by atoms with E-state index in [0.717, 1.165) is 27.5 Å². The summed E-state index contributed by atoms with van der Waals surface area (Å²) in [4.78, 5) is 25.8. The van der Waals surface area contributed by atoms with Gasteiger partial charge < -0.3 is 10.4 Å². The summed E-state index contributed by atoms with van der Waals surface area (Å²) in [5.74, 6) is -1.41. The molecular weight excluding hydrogens is 398 g/mol. The molecule has 0 aliphatic carbocycles. The minimum atomic E-state index is -1.06. The number of amides is 1. The van der Waals surface area contributed by atoms with Gasteiger partial charge in [0.2, 0.25) is 5.91 Å². The number of hydrogen-bond acceptors (Lipinski definition) is 2. The van der Waals surface area contributed by atoms with Gasteiger partial charge in [-0.1, -0.05) is 103 Å². The Morgan fingerprint density at radius 3 is 1.91 bits per heavy atom. The lowest BCUT2D eigenvalue weighted by atomic mass is 9.75. The molecule has 0 aromatic heterocycles. The molecule has 0 bridgehead atoms. The number of carbonyl (C=O) groups excluding carboxylic acids is 1. The molecule has 0 saturated heterocycles. The number of benzene rings is 4. The first kappa shape index (κ1) is 21.3. The molecule has 2 N–H and O–H groups in total. The monoisotopic (exact) mass is 423 g/mol. The molecule has 4 aromatic rings. The van der Waals surface area contributed by atoms with Crippen LogP contribution in [-0.4, -0.2) is 23.0 Å². The van der Waals surface area contributed by atoms with E-state index in [0.29, 0.717) is 0 Å². The van der Waals surface area contributed by atoms with Gasteiger partial charge in [-0.05, 0) is 34.4 Å². The maximum absolute atomic E-state index is 13.7. The Balaban J connectivity index is 1.69. The van der Waals surface area contributed by atoms with Gasteiger partial charge in [-0.2, -0.15) is 0 Å². The minimum Gasteiger partial charge on any atom is -0.480 e. The van der Waals surface area contributed by atoms with Crippen LogP contribution in [0.3, 0.4) is 0 Å². The van der Waals surface area contributed by atoms with Crippen LogP contribution in [-0.2, 0) is 21.4 Å². The molecule has 0 aliphatic heterocycles. The molecule has 1 atom stereocenters. The second-order valence-corrected chi connectivity index (χ2v) is 8.06. The fraction of sp³-hybridized carbons (Fsp3) is 0.143. The molecule has 0 saturated carbocycles. The van der Waals surface area contributed by atoms with Crippen LogP contribution in [0.1, 0.15) is 23.6 Å². The Labute approximate surface area is 187 Å². The maximum atomic E-state index is 13.7. The number of carbonyl (C=O) groups is 2. The molecule has 0 aliphatic rings. The van der Waals surface area contributed by atoms with Crippen LogP contribution in [0.2, 0.25) is 0 Å². The number of carboxylic acids is 1. The van der Waals surface area contributed by atoms with E-state index < -0.39 is 17.4 Å². The first-order valence-corrected chi connectivity index (χ1v) is 10.6. The minimum absolute atomic E-state index is 0.197. The van der Waals surface area contributed by atoms with E-state index in [2.05, 4.69) is 5.32 Å². The molecule has 4 heteroatoms. The zero-order valence-electron chi connectivity index (χ0n) is 17.9. The van der Waals surface area contributed by atoms with E-state index in [9.17, 15) is 14.7 Å². The Morgan fingerprint density at radius 2 is 1.31 bits per heavy atom. The summed E-state index contributed by atoms with van der Waals surface area (Å²) in [5.41, 5.74) is 1.46. The summed E-state index contributed by atoms with van der Waals surface area (Å²) in [6.45, 7) is 1.84. The van der Waals surface area contributed by atoms with Crippen molar-refractivity contribution in [2.75, 3.05) is 0 Å². The number of hydrogen-bond donors (Lipinski definition) is 2. The molecule has 32 heavy (non-hydrogen) atoms. The zero-order chi connectivity index (χ0) is 22.6. The second kappa shape index (κ2) is 9.06. The van der Waals surface area contributed by atoms with Crippen molar-refractivity contribution < 1.29 is 14.7 Å². The Bertz CT molecular complexity index is 1190. The Kier molecular flexibility index (Phi) is 6.04. The van der Waals surface area contributed by atoms with Crippen molar-refractivity contribution in [3.8, 4) is 0 Å². The highest BCUT2D eigenvalue weighted by Crippen LogP contribution is 2.32. The third kappa shape index (κ3) is 4.12. The van der Waals surface area contributed by atoms with Gasteiger partial charge in [0, 0.05) is 6.42 Å². The van der Waals surface area contributed by atoms with Crippen molar-refractivity contribution in [2.45, 2.75) is 24.8 Å². The van der Waals surface area contributed by atoms with Crippen LogP contribution in [0, 0.1) is 0 Å². The SMILES string of the molecule is CC(C(=O)N[C@H](Cc1cccc2ccccc12)C(=O)O)(c1ccccc1)c1ccccc1. The summed E-state index contributed by atoms with van der Waals surface area (Å²) in [7, 11) is 0. The molecular formula is C28H25NO3. The molecule has 0 unspecified atom stereocenters. The topological polar surface area (TPSA) is 66.4 Å². The smallest absolute Gasteiger partial charge is 0.326 e. The normalized spacial score (nSPS) is 12.3. The molecule has 1 amide bonds. The largest absolute Gasteiger partial charge is 0.480 e. The fourth-order valence-electron chi connectivity index (χ4n) is 4.16. The molecule has 0 radical (unpaired) electrons. The third-order valence-corrected chi connectivity index (χ3v) is 6.06. The predicted molar refractivity (Wildman–Crippen MR) is 127 cm³/mol. The van der Waals surface area contributed by atoms with E-state index in [1.54, 1.807) is 0 Å². The van der Waals surface area contributed by atoms with Crippen molar-refractivity contribution >= 4 is 22.6 Å². The quantitative estimate of drug-likeness (QED) is 0.442. The van der Waals surface area contributed by atoms with E-state index in [4.69, 9.17) is 0 Å². The maximum Gasteiger partial charge on any atom is 0.326 e. The van der Waals surface area contributed by atoms with Gasteiger partial charge in [-0.25, -0.2) is 4.79 Å². The molecule has 0 heterocycles. The highest BCUT2D eigenvalue weighted by Gasteiger charge is 2.39. The van der Waals surface area contributed by atoms with Gasteiger partial charge >= 0.3 is 5.97 Å². The van der Waals surface area contributed by atoms with Crippen LogP contribution < -0.4 is 5.32 Å². The number of carboxylic acid groups (broad SMARTS) is 1. The number of nitrogens with one attached hydrogen (secondary N) is 1. The van der Waals surface area contributed by atoms with Gasteiger partial charge in [-0.15, -0.1) is 0 Å². The van der Waals surface area contributed by atoms with Crippen molar-refractivity contribution in [1.29, 1.82) is 0 Å². The zero-order valence-corrected chi connectivity index (χ0v) is 17.9. The van der Waals surface area contributed by atoms with Crippen molar-refractivity contribution in [3.05, 3.63) is 120 Å². The van der Waals surface area contributed by atoms with Crippen LogP contribution in [0.15, 0.2) is 103 Å². The molecule has 4 aromatic carbocycles. The Morgan fingerprint density at radius 1 is 0.781 bits per heavy atom. The summed E-state index contributed by atoms with van der Waals surface area (Å²) >= 11 is 0. The molecule has 4 nitrogen and oxygen atoms in total. The Hall–Kier alpha value is -3.92. The molecule has 160 valence electrons. The number of aliphatic carboxylic acids is 1. The van der Waals surface area contributed by atoms with E-state index in [-0.39, 0.29) is 12.3 Å². The average molecular weight is 424 g/mol. The van der Waals surface area contributed by atoms with Gasteiger partial charge in [0.25, 0.3) is 0 Å². The first-order valence-electron chi connectivity index (χ1n) is 10.6. The van der Waals surface area contributed by atoms with Crippen LogP contribution >= 0.6 is 0 Å². The van der Waals surface area contributed by atoms with Crippen LogP contribution in [0.5, 0.6) is 0 Å². The van der Waals surface area contributed by atoms with Gasteiger partial charge in [0.1, 0.15) is 6.04 Å². The summed E-state index contributed by atoms with van der Waals surface area (Å²) in [6, 6.07) is 31.5. The van der Waals surface area contributed by atoms with Crippen molar-refractivity contribution in [1.82, 2.24) is 5.32 Å². The summed E-state index contributed by atoms with van der Waals surface area (Å²) in [6.07, 6.45) is 0.197. The fourth-order valence-corrected chi connectivity index (χ4v) is 4.16. The molecule has 0 fully saturated rings. The second-order valence-electron chi connectivity index (χ2n) is 8.06. The highest BCUT2D eigenvalue weighted by atomic mass is 16.4. The van der Waals surface area contributed by atoms with Gasteiger partial charge in [-0.3, -0.25) is 4.79 Å². The standard InChI is InChI=1S/C28H25NO3/c1-28(22-14-4-2-5-15-22,23-16-6-3-7-17-23)27(32)29-25(26(30)31)19-21-13-10-12-20-11-8-9-18-24(20)21/h2-18,25H,19H2,1H3,(H,29,32)(H,30,31)/t25-/m1/s1. The van der Waals surface area contributed by atoms with Crippen molar-refractivity contribution in [2.24, 2.45) is 0 Å². The lowest BCUT2D eigenvalue weighted by Gasteiger charge is -2.31. The number of fused-ring (bicyclic) bond motifs is 1. The van der Waals surface area contributed by atoms with Gasteiger partial charge in [0.05, 0.1) is 5.41 Å². The molecule has 0 spiro atoms. The van der Waals surface area contributed by atoms with Crippen LogP contribution in [0.25, 0.3) is 10.8 Å². The predicted octanol–water partition coefficient (Wildman–Crippen LogP) is 4.96. The lowest BCUT2D eigenvalue weighted by molar-refractivity contribution is -0.142. The van der Waals surface area contributed by atoms with Crippen molar-refractivity contribution in [3.63, 3.8) is 0 Å². The summed E-state index contributed by atoms with van der Waals surface area (Å²) in [5, 5.41) is 14.8. The van der Waals surface area contributed by atoms with Gasteiger partial charge in [0.15, 0.2) is 0 Å². The lowest BCUT2D eigenvalue weighted by Crippen LogP contribution is -2.50. The average Bonchev–Trinajstić information content (AvgIpc) is 2.84. The summed E-state index contributed by atoms with van der Waals surface area (Å²) < 4.78 is 0. The third-order valence-electron chi connectivity index (χ3n) is 6.06. The van der Waals surface area contributed by atoms with Crippen LogP contribution in [0.4, 0.5) is 0 Å². The van der Waals surface area contributed by atoms with E-state index >= 15 is 0 Å². The van der Waals surface area contributed by atoms with E-state index in [1.165, 1.54) is 0 Å².